The topological polar surface area (TPSA) is 64.3 Å². The molecule has 1 aromatic carbocycles. The Balaban J connectivity index is 2.58. The van der Waals surface area contributed by atoms with Gasteiger partial charge in [-0.1, -0.05) is 18.5 Å². The van der Waals surface area contributed by atoms with Crippen molar-refractivity contribution < 1.29 is 9.53 Å². The molecule has 1 aromatic rings. The van der Waals surface area contributed by atoms with E-state index in [1.807, 2.05) is 6.92 Å². The Morgan fingerprint density at radius 2 is 2.29 bits per heavy atom. The second-order valence-electron chi connectivity index (χ2n) is 3.73. The SMILES string of the molecule is CCCNC(=O)C(C)Oc1ccc(N)c(Cl)c1. The van der Waals surface area contributed by atoms with Crippen LogP contribution in [-0.4, -0.2) is 18.6 Å². The lowest BCUT2D eigenvalue weighted by atomic mass is 10.3. The van der Waals surface area contributed by atoms with E-state index in [1.54, 1.807) is 25.1 Å². The van der Waals surface area contributed by atoms with E-state index in [4.69, 9.17) is 22.1 Å². The second kappa shape index (κ2) is 6.35. The Morgan fingerprint density at radius 3 is 2.88 bits per heavy atom. The van der Waals surface area contributed by atoms with Crippen LogP contribution in [0.5, 0.6) is 5.75 Å². The van der Waals surface area contributed by atoms with Gasteiger partial charge in [-0.3, -0.25) is 4.79 Å². The van der Waals surface area contributed by atoms with Crippen LogP contribution in [-0.2, 0) is 4.79 Å². The molecule has 1 amide bonds. The van der Waals surface area contributed by atoms with Crippen molar-refractivity contribution in [2.24, 2.45) is 0 Å². The molecular formula is C12H17ClN2O2. The van der Waals surface area contributed by atoms with E-state index in [1.165, 1.54) is 0 Å². The molecule has 1 unspecified atom stereocenters. The monoisotopic (exact) mass is 256 g/mol. The summed E-state index contributed by atoms with van der Waals surface area (Å²) in [7, 11) is 0. The number of carbonyl (C=O) groups is 1. The predicted molar refractivity (Wildman–Crippen MR) is 69.3 cm³/mol. The number of rotatable bonds is 5. The number of nitrogens with one attached hydrogen (secondary N) is 1. The molecule has 0 radical (unpaired) electrons. The summed E-state index contributed by atoms with van der Waals surface area (Å²) in [5.74, 6) is 0.392. The van der Waals surface area contributed by atoms with E-state index >= 15 is 0 Å². The van der Waals surface area contributed by atoms with Crippen LogP contribution in [0.3, 0.4) is 0 Å². The average molecular weight is 257 g/mol. The molecule has 0 fully saturated rings. The molecule has 5 heteroatoms. The fourth-order valence-electron chi connectivity index (χ4n) is 1.23. The minimum absolute atomic E-state index is 0.139. The highest BCUT2D eigenvalue weighted by atomic mass is 35.5. The number of halogens is 1. The molecule has 0 aromatic heterocycles. The lowest BCUT2D eigenvalue weighted by molar-refractivity contribution is -0.127. The predicted octanol–water partition coefficient (Wildman–Crippen LogP) is 2.22. The van der Waals surface area contributed by atoms with Gasteiger partial charge in [0.05, 0.1) is 10.7 Å². The number of anilines is 1. The molecule has 0 bridgehead atoms. The Morgan fingerprint density at radius 1 is 1.59 bits per heavy atom. The maximum Gasteiger partial charge on any atom is 0.260 e. The first-order valence-corrected chi connectivity index (χ1v) is 5.91. The summed E-state index contributed by atoms with van der Waals surface area (Å²) in [5, 5.41) is 3.18. The molecular weight excluding hydrogens is 240 g/mol. The van der Waals surface area contributed by atoms with Gasteiger partial charge in [0.1, 0.15) is 5.75 Å². The number of amides is 1. The molecule has 0 saturated heterocycles. The van der Waals surface area contributed by atoms with Crippen molar-refractivity contribution in [1.82, 2.24) is 5.32 Å². The van der Waals surface area contributed by atoms with Crippen LogP contribution in [0.25, 0.3) is 0 Å². The first kappa shape index (κ1) is 13.6. The van der Waals surface area contributed by atoms with Crippen LogP contribution >= 0.6 is 11.6 Å². The number of hydrogen-bond donors (Lipinski definition) is 2. The van der Waals surface area contributed by atoms with Gasteiger partial charge in [-0.2, -0.15) is 0 Å². The van der Waals surface area contributed by atoms with Crippen LogP contribution < -0.4 is 15.8 Å². The molecule has 0 aliphatic heterocycles. The molecule has 0 aliphatic rings. The Labute approximate surface area is 106 Å². The average Bonchev–Trinajstić information content (AvgIpc) is 2.30. The van der Waals surface area contributed by atoms with Crippen molar-refractivity contribution >= 4 is 23.2 Å². The highest BCUT2D eigenvalue weighted by molar-refractivity contribution is 6.33. The molecule has 0 saturated carbocycles. The summed E-state index contributed by atoms with van der Waals surface area (Å²) in [6.07, 6.45) is 0.341. The van der Waals surface area contributed by atoms with Gasteiger partial charge >= 0.3 is 0 Å². The van der Waals surface area contributed by atoms with E-state index < -0.39 is 6.10 Å². The van der Waals surface area contributed by atoms with Crippen molar-refractivity contribution in [3.8, 4) is 5.75 Å². The molecule has 0 aliphatic carbocycles. The molecule has 4 nitrogen and oxygen atoms in total. The molecule has 1 rings (SSSR count). The van der Waals surface area contributed by atoms with Gasteiger partial charge in [0, 0.05) is 12.6 Å². The van der Waals surface area contributed by atoms with Crippen molar-refractivity contribution in [2.45, 2.75) is 26.4 Å². The highest BCUT2D eigenvalue weighted by Gasteiger charge is 2.14. The Kier molecular flexibility index (Phi) is 5.10. The Hall–Kier alpha value is -1.42. The maximum atomic E-state index is 11.6. The van der Waals surface area contributed by atoms with E-state index in [0.717, 1.165) is 6.42 Å². The second-order valence-corrected chi connectivity index (χ2v) is 4.14. The highest BCUT2D eigenvalue weighted by Crippen LogP contribution is 2.24. The number of carbonyl (C=O) groups excluding carboxylic acids is 1. The summed E-state index contributed by atoms with van der Waals surface area (Å²) in [6.45, 7) is 4.33. The zero-order valence-corrected chi connectivity index (χ0v) is 10.8. The Bertz CT molecular complexity index is 396. The molecule has 94 valence electrons. The van der Waals surface area contributed by atoms with E-state index in [2.05, 4.69) is 5.32 Å². The van der Waals surface area contributed by atoms with Crippen LogP contribution in [0.4, 0.5) is 5.69 Å². The summed E-state index contributed by atoms with van der Waals surface area (Å²) >= 11 is 5.85. The van der Waals surface area contributed by atoms with E-state index in [0.29, 0.717) is 23.0 Å². The zero-order valence-electron chi connectivity index (χ0n) is 10.00. The molecule has 17 heavy (non-hydrogen) atoms. The largest absolute Gasteiger partial charge is 0.481 e. The number of benzene rings is 1. The lowest BCUT2D eigenvalue weighted by Gasteiger charge is -2.14. The first-order valence-electron chi connectivity index (χ1n) is 5.54. The number of ether oxygens (including phenoxy) is 1. The first-order chi connectivity index (χ1) is 8.04. The van der Waals surface area contributed by atoms with E-state index in [9.17, 15) is 4.79 Å². The van der Waals surface area contributed by atoms with Gasteiger partial charge in [-0.15, -0.1) is 0 Å². The van der Waals surface area contributed by atoms with Crippen LogP contribution in [0.1, 0.15) is 20.3 Å². The minimum Gasteiger partial charge on any atom is -0.481 e. The maximum absolute atomic E-state index is 11.6. The van der Waals surface area contributed by atoms with Gasteiger partial charge in [0.2, 0.25) is 0 Å². The minimum atomic E-state index is -0.554. The quantitative estimate of drug-likeness (QED) is 0.794. The van der Waals surface area contributed by atoms with Crippen LogP contribution in [0, 0.1) is 0 Å². The van der Waals surface area contributed by atoms with Gasteiger partial charge in [0.25, 0.3) is 5.91 Å². The lowest BCUT2D eigenvalue weighted by Crippen LogP contribution is -2.36. The third kappa shape index (κ3) is 4.15. The normalized spacial score (nSPS) is 11.9. The number of nitrogens with two attached hydrogens (primary N) is 1. The fraction of sp³-hybridized carbons (Fsp3) is 0.417. The van der Waals surface area contributed by atoms with Gasteiger partial charge < -0.3 is 15.8 Å². The van der Waals surface area contributed by atoms with Gasteiger partial charge in [-0.25, -0.2) is 0 Å². The van der Waals surface area contributed by atoms with Gasteiger partial charge in [0.15, 0.2) is 6.10 Å². The summed E-state index contributed by atoms with van der Waals surface area (Å²) in [6, 6.07) is 4.93. The van der Waals surface area contributed by atoms with Crippen molar-refractivity contribution in [1.29, 1.82) is 0 Å². The van der Waals surface area contributed by atoms with Crippen molar-refractivity contribution in [3.63, 3.8) is 0 Å². The summed E-state index contributed by atoms with van der Waals surface area (Å²) in [5.41, 5.74) is 6.07. The smallest absolute Gasteiger partial charge is 0.260 e. The standard InChI is InChI=1S/C12H17ClN2O2/c1-3-6-15-12(16)8(2)17-9-4-5-11(14)10(13)7-9/h4-5,7-8H,3,6,14H2,1-2H3,(H,15,16). The third-order valence-corrected chi connectivity index (χ3v) is 2.53. The van der Waals surface area contributed by atoms with Crippen molar-refractivity contribution in [2.75, 3.05) is 12.3 Å². The van der Waals surface area contributed by atoms with E-state index in [-0.39, 0.29) is 5.91 Å². The number of nitrogen functional groups attached to an aromatic ring is 1. The number of hydrogen-bond acceptors (Lipinski definition) is 3. The van der Waals surface area contributed by atoms with Crippen molar-refractivity contribution in [3.05, 3.63) is 23.2 Å². The van der Waals surface area contributed by atoms with Crippen LogP contribution in [0.2, 0.25) is 5.02 Å². The zero-order chi connectivity index (χ0) is 12.8. The summed E-state index contributed by atoms with van der Waals surface area (Å²) in [4.78, 5) is 11.6. The fourth-order valence-corrected chi connectivity index (χ4v) is 1.40. The molecule has 1 atom stereocenters. The molecule has 3 N–H and O–H groups in total. The third-order valence-electron chi connectivity index (χ3n) is 2.20. The molecule has 0 spiro atoms. The molecule has 0 heterocycles. The van der Waals surface area contributed by atoms with Crippen LogP contribution in [0.15, 0.2) is 18.2 Å². The van der Waals surface area contributed by atoms with Gasteiger partial charge in [-0.05, 0) is 25.5 Å². The summed E-state index contributed by atoms with van der Waals surface area (Å²) < 4.78 is 5.46.